The van der Waals surface area contributed by atoms with E-state index in [1.807, 2.05) is 18.2 Å². The fraction of sp³-hybridized carbons (Fsp3) is 0.128. The number of hydrogen-bond acceptors (Lipinski definition) is 6. The monoisotopic (exact) mass is 584 g/mol. The van der Waals surface area contributed by atoms with Crippen molar-refractivity contribution in [1.29, 1.82) is 0 Å². The maximum Gasteiger partial charge on any atom is 0.165 e. The second-order valence-electron chi connectivity index (χ2n) is 11.1. The lowest BCUT2D eigenvalue weighted by molar-refractivity contribution is 0.678. The van der Waals surface area contributed by atoms with Gasteiger partial charge in [-0.15, -0.1) is 0 Å². The summed E-state index contributed by atoms with van der Waals surface area (Å²) < 4.78 is 0. The highest BCUT2D eigenvalue weighted by Crippen LogP contribution is 2.38. The molecule has 4 aromatic rings. The lowest BCUT2D eigenvalue weighted by Gasteiger charge is -2.26. The van der Waals surface area contributed by atoms with Crippen LogP contribution < -0.4 is 0 Å². The molecule has 0 saturated carbocycles. The van der Waals surface area contributed by atoms with E-state index in [0.29, 0.717) is 23.4 Å². The molecular weight excluding hydrogens is 552 g/mol. The molecule has 1 atom stereocenters. The quantitative estimate of drug-likeness (QED) is 0.170. The van der Waals surface area contributed by atoms with Crippen LogP contribution in [0.5, 0.6) is 0 Å². The van der Waals surface area contributed by atoms with Crippen molar-refractivity contribution in [2.75, 3.05) is 13.6 Å². The number of allylic oxidation sites excluding steroid dienone is 12. The average molecular weight is 585 g/mol. The van der Waals surface area contributed by atoms with Crippen LogP contribution in [-0.4, -0.2) is 45.5 Å². The predicted octanol–water partition coefficient (Wildman–Crippen LogP) is 8.09. The van der Waals surface area contributed by atoms with Gasteiger partial charge in [-0.1, -0.05) is 97.7 Å². The normalized spacial score (nSPS) is 17.9. The Morgan fingerprint density at radius 1 is 0.933 bits per heavy atom. The van der Waals surface area contributed by atoms with Gasteiger partial charge in [0.2, 0.25) is 0 Å². The van der Waals surface area contributed by atoms with Crippen LogP contribution in [0.25, 0.3) is 38.9 Å². The first-order valence-electron chi connectivity index (χ1n) is 15.2. The molecular formula is C39H32N6. The first kappa shape index (κ1) is 28.2. The second-order valence-corrected chi connectivity index (χ2v) is 11.1. The molecule has 1 unspecified atom stereocenters. The molecule has 45 heavy (non-hydrogen) atoms. The van der Waals surface area contributed by atoms with Gasteiger partial charge in [-0.3, -0.25) is 15.0 Å². The molecule has 3 heterocycles. The highest BCUT2D eigenvalue weighted by atomic mass is 15.0. The molecule has 2 aromatic carbocycles. The van der Waals surface area contributed by atoms with Crippen molar-refractivity contribution < 1.29 is 0 Å². The van der Waals surface area contributed by atoms with E-state index in [2.05, 4.69) is 95.5 Å². The van der Waals surface area contributed by atoms with Crippen molar-refractivity contribution in [3.8, 4) is 11.4 Å². The van der Waals surface area contributed by atoms with Gasteiger partial charge < -0.3 is 0 Å². The number of aliphatic imine (C=N–C) groups is 2. The third-order valence-electron chi connectivity index (χ3n) is 8.21. The van der Waals surface area contributed by atoms with Gasteiger partial charge in [0.25, 0.3) is 0 Å². The molecule has 2 aliphatic carbocycles. The number of benzene rings is 2. The number of fused-ring (bicyclic) bond motifs is 6. The molecule has 0 N–H and O–H groups in total. The summed E-state index contributed by atoms with van der Waals surface area (Å²) in [7, 11) is 1.73. The Balaban J connectivity index is 1.35. The lowest BCUT2D eigenvalue weighted by Crippen LogP contribution is -2.17. The van der Waals surface area contributed by atoms with Crippen molar-refractivity contribution in [1.82, 2.24) is 19.9 Å². The fourth-order valence-electron chi connectivity index (χ4n) is 6.10. The molecule has 6 heteroatoms. The Kier molecular flexibility index (Phi) is 7.85. The van der Waals surface area contributed by atoms with Gasteiger partial charge >= 0.3 is 0 Å². The summed E-state index contributed by atoms with van der Waals surface area (Å²) in [5.74, 6) is 2.06. The van der Waals surface area contributed by atoms with E-state index >= 15 is 0 Å². The molecule has 218 valence electrons. The van der Waals surface area contributed by atoms with Crippen molar-refractivity contribution in [3.05, 3.63) is 151 Å². The number of hydrogen-bond donors (Lipinski definition) is 0. The maximum atomic E-state index is 5.28. The summed E-state index contributed by atoms with van der Waals surface area (Å²) in [6.07, 6.45) is 25.8. The number of nitrogens with zero attached hydrogens (tertiary/aromatic N) is 6. The highest BCUT2D eigenvalue weighted by molar-refractivity contribution is 6.18. The molecule has 0 amide bonds. The Hall–Kier alpha value is -5.62. The van der Waals surface area contributed by atoms with E-state index in [9.17, 15) is 0 Å². The van der Waals surface area contributed by atoms with E-state index in [4.69, 9.17) is 19.9 Å². The summed E-state index contributed by atoms with van der Waals surface area (Å²) in [6, 6.07) is 16.9. The molecule has 0 radical (unpaired) electrons. The van der Waals surface area contributed by atoms with E-state index in [1.165, 1.54) is 27.5 Å². The first-order valence-corrected chi connectivity index (χ1v) is 15.2. The third-order valence-corrected chi connectivity index (χ3v) is 8.21. The molecule has 0 spiro atoms. The summed E-state index contributed by atoms with van der Waals surface area (Å²) in [5.41, 5.74) is 8.57. The summed E-state index contributed by atoms with van der Waals surface area (Å²) in [4.78, 5) is 28.2. The summed E-state index contributed by atoms with van der Waals surface area (Å²) >= 11 is 0. The standard InChI is InChI=1S/C39H32N6/c1-3-8-32(25-40-2)39-44-37(43-38(45-39)30-19-21-41-22-20-30)29-12-7-11-28(15-16-29)36-34-18-17-27-10-4-5-14-33(27)35(34)31-13-6-9-26(23-31)24-42-36/h3-10,12-22,25-26H,1,11,23-24H2,2H3/b32-8+,40-25?,42-36?. The van der Waals surface area contributed by atoms with Crippen molar-refractivity contribution >= 4 is 39.4 Å². The predicted molar refractivity (Wildman–Crippen MR) is 186 cm³/mol. The number of rotatable bonds is 6. The van der Waals surface area contributed by atoms with Crippen LogP contribution in [-0.2, 0) is 0 Å². The minimum atomic E-state index is 0.389. The fourth-order valence-corrected chi connectivity index (χ4v) is 6.10. The zero-order valence-corrected chi connectivity index (χ0v) is 25.1. The van der Waals surface area contributed by atoms with Crippen molar-refractivity contribution in [2.45, 2.75) is 12.8 Å². The van der Waals surface area contributed by atoms with Gasteiger partial charge in [0, 0.05) is 60.4 Å². The molecule has 0 fully saturated rings. The minimum absolute atomic E-state index is 0.389. The van der Waals surface area contributed by atoms with Crippen LogP contribution in [0.15, 0.2) is 138 Å². The average Bonchev–Trinajstić information content (AvgIpc) is 3.34. The molecule has 0 saturated heterocycles. The summed E-state index contributed by atoms with van der Waals surface area (Å²) in [6.45, 7) is 4.62. The Morgan fingerprint density at radius 2 is 1.80 bits per heavy atom. The van der Waals surface area contributed by atoms with Gasteiger partial charge in [0.15, 0.2) is 17.5 Å². The largest absolute Gasteiger partial charge is 0.296 e. The zero-order chi connectivity index (χ0) is 30.6. The number of pyridine rings is 1. The van der Waals surface area contributed by atoms with Crippen LogP contribution >= 0.6 is 0 Å². The van der Waals surface area contributed by atoms with Crippen LogP contribution in [0.1, 0.15) is 35.6 Å². The molecule has 2 aromatic heterocycles. The minimum Gasteiger partial charge on any atom is -0.296 e. The second kappa shape index (κ2) is 12.5. The molecule has 2 bridgehead atoms. The van der Waals surface area contributed by atoms with Crippen LogP contribution in [0.4, 0.5) is 0 Å². The molecule has 6 nitrogen and oxygen atoms in total. The van der Waals surface area contributed by atoms with Gasteiger partial charge in [-0.2, -0.15) is 0 Å². The Labute approximate surface area is 263 Å². The Bertz CT molecular complexity index is 2050. The highest BCUT2D eigenvalue weighted by Gasteiger charge is 2.24. The maximum absolute atomic E-state index is 5.28. The van der Waals surface area contributed by atoms with Crippen LogP contribution in [0, 0.1) is 5.92 Å². The van der Waals surface area contributed by atoms with Gasteiger partial charge in [0.1, 0.15) is 0 Å². The molecule has 3 aliphatic rings. The topological polar surface area (TPSA) is 76.3 Å². The summed E-state index contributed by atoms with van der Waals surface area (Å²) in [5, 5.41) is 2.51. The van der Waals surface area contributed by atoms with E-state index in [-0.39, 0.29) is 0 Å². The van der Waals surface area contributed by atoms with Crippen LogP contribution in [0.2, 0.25) is 0 Å². The van der Waals surface area contributed by atoms with Gasteiger partial charge in [0.05, 0.1) is 5.71 Å². The van der Waals surface area contributed by atoms with Crippen molar-refractivity contribution in [2.24, 2.45) is 15.9 Å². The zero-order valence-electron chi connectivity index (χ0n) is 25.1. The van der Waals surface area contributed by atoms with Gasteiger partial charge in [-0.05, 0) is 52.5 Å². The Morgan fingerprint density at radius 3 is 2.67 bits per heavy atom. The molecule has 7 rings (SSSR count). The van der Waals surface area contributed by atoms with E-state index in [0.717, 1.165) is 47.4 Å². The van der Waals surface area contributed by atoms with E-state index < -0.39 is 0 Å². The van der Waals surface area contributed by atoms with Crippen LogP contribution in [0.3, 0.4) is 0 Å². The lowest BCUT2D eigenvalue weighted by atomic mass is 9.81. The SMILES string of the molecule is C=C/C=C(\C=NC)c1nc(C2=CC=C(C3=NCC4C=CC=C(C4)c4c3ccc3ccccc43)CC=C2)nc(-c2ccncc2)n1. The third kappa shape index (κ3) is 5.70. The first-order chi connectivity index (χ1) is 22.2. The smallest absolute Gasteiger partial charge is 0.165 e. The van der Waals surface area contributed by atoms with Crippen molar-refractivity contribution in [3.63, 3.8) is 0 Å². The molecule has 1 aliphatic heterocycles. The van der Waals surface area contributed by atoms with E-state index in [1.54, 1.807) is 31.7 Å². The van der Waals surface area contributed by atoms with Gasteiger partial charge in [-0.25, -0.2) is 15.0 Å². The number of aromatic nitrogens is 4.